The molecule has 9 nitrogen and oxygen atoms in total. The van der Waals surface area contributed by atoms with E-state index in [1.807, 2.05) is 44.3 Å². The molecule has 3 aromatic heterocycles. The highest BCUT2D eigenvalue weighted by Crippen LogP contribution is 2.31. The standard InChI is InChI=1S/C26H27ClN6O3S/c1-13(9-21-17(27)6-8-37-21)29-18-5-7-28-24(34)22(18)23-30-19-10-15-16(11-20(19)31-23)26(36)33(25(15)35)14(2)12-32(3)4/h5-8,10-11,13-14H,9,12H2,1-4H3,(H,30,31)(H2,28,29,34)/t13-,14+/m0/s1. The van der Waals surface area contributed by atoms with Gasteiger partial charge < -0.3 is 20.2 Å². The van der Waals surface area contributed by atoms with Gasteiger partial charge in [0, 0.05) is 30.1 Å². The van der Waals surface area contributed by atoms with Gasteiger partial charge in [-0.1, -0.05) is 11.6 Å². The van der Waals surface area contributed by atoms with E-state index in [0.717, 1.165) is 9.90 Å². The zero-order valence-electron chi connectivity index (χ0n) is 20.9. The second-order valence-corrected chi connectivity index (χ2v) is 11.0. The highest BCUT2D eigenvalue weighted by atomic mass is 35.5. The number of nitrogens with one attached hydrogen (secondary N) is 3. The van der Waals surface area contributed by atoms with Crippen molar-refractivity contribution in [3.05, 3.63) is 67.2 Å². The van der Waals surface area contributed by atoms with Gasteiger partial charge >= 0.3 is 0 Å². The topological polar surface area (TPSA) is 114 Å². The second kappa shape index (κ2) is 9.77. The summed E-state index contributed by atoms with van der Waals surface area (Å²) < 4.78 is 0. The lowest BCUT2D eigenvalue weighted by Crippen LogP contribution is -2.43. The Morgan fingerprint density at radius 1 is 1.14 bits per heavy atom. The van der Waals surface area contributed by atoms with Gasteiger partial charge in [-0.25, -0.2) is 4.98 Å². The van der Waals surface area contributed by atoms with Crippen molar-refractivity contribution in [3.63, 3.8) is 0 Å². The van der Waals surface area contributed by atoms with Crippen LogP contribution in [0, 0.1) is 0 Å². The predicted octanol–water partition coefficient (Wildman–Crippen LogP) is 4.22. The molecule has 2 amide bonds. The van der Waals surface area contributed by atoms with Crippen LogP contribution in [0.25, 0.3) is 22.4 Å². The van der Waals surface area contributed by atoms with Crippen molar-refractivity contribution in [2.45, 2.75) is 32.4 Å². The molecule has 4 heterocycles. The van der Waals surface area contributed by atoms with E-state index in [1.54, 1.807) is 35.7 Å². The van der Waals surface area contributed by atoms with Crippen LogP contribution in [-0.4, -0.2) is 69.3 Å². The van der Waals surface area contributed by atoms with Crippen LogP contribution in [0.2, 0.25) is 5.02 Å². The molecular weight excluding hydrogens is 512 g/mol. The number of amides is 2. The number of pyridine rings is 1. The molecule has 5 rings (SSSR count). The molecule has 0 radical (unpaired) electrons. The first-order valence-electron chi connectivity index (χ1n) is 11.9. The maximum Gasteiger partial charge on any atom is 0.261 e. The first kappa shape index (κ1) is 25.2. The molecule has 0 bridgehead atoms. The molecule has 0 saturated heterocycles. The number of nitrogens with zero attached hydrogens (tertiary/aromatic N) is 3. The van der Waals surface area contributed by atoms with Crippen LogP contribution >= 0.6 is 22.9 Å². The van der Waals surface area contributed by atoms with E-state index in [9.17, 15) is 14.4 Å². The zero-order chi connectivity index (χ0) is 26.4. The Morgan fingerprint density at radius 2 is 1.86 bits per heavy atom. The fourth-order valence-corrected chi connectivity index (χ4v) is 6.03. The van der Waals surface area contributed by atoms with E-state index in [-0.39, 0.29) is 29.5 Å². The fourth-order valence-electron chi connectivity index (χ4n) is 4.79. The Morgan fingerprint density at radius 3 is 2.54 bits per heavy atom. The van der Waals surface area contributed by atoms with Crippen molar-refractivity contribution in [1.82, 2.24) is 24.8 Å². The van der Waals surface area contributed by atoms with E-state index in [1.165, 1.54) is 4.90 Å². The molecule has 11 heteroatoms. The van der Waals surface area contributed by atoms with Crippen LogP contribution in [0.15, 0.2) is 40.6 Å². The van der Waals surface area contributed by atoms with E-state index < -0.39 is 0 Å². The molecule has 0 spiro atoms. The number of aromatic amines is 2. The normalized spacial score (nSPS) is 15.0. The summed E-state index contributed by atoms with van der Waals surface area (Å²) in [5.41, 5.74) is 2.39. The van der Waals surface area contributed by atoms with Gasteiger partial charge in [-0.2, -0.15) is 0 Å². The summed E-state index contributed by atoms with van der Waals surface area (Å²) in [6.07, 6.45) is 2.28. The number of anilines is 1. The number of carbonyl (C=O) groups is 2. The average molecular weight is 539 g/mol. The molecule has 0 fully saturated rings. The molecular formula is C26H27ClN6O3S. The van der Waals surface area contributed by atoms with Crippen LogP contribution in [0.3, 0.4) is 0 Å². The minimum absolute atomic E-state index is 0.00439. The summed E-state index contributed by atoms with van der Waals surface area (Å²) in [6, 6.07) is 6.65. The van der Waals surface area contributed by atoms with Crippen LogP contribution in [0.4, 0.5) is 5.69 Å². The Balaban J connectivity index is 1.47. The summed E-state index contributed by atoms with van der Waals surface area (Å²) in [7, 11) is 3.80. The van der Waals surface area contributed by atoms with Gasteiger partial charge in [0.05, 0.1) is 38.9 Å². The zero-order valence-corrected chi connectivity index (χ0v) is 22.5. The van der Waals surface area contributed by atoms with Crippen molar-refractivity contribution in [2.75, 3.05) is 26.0 Å². The predicted molar refractivity (Wildman–Crippen MR) is 147 cm³/mol. The Hall–Kier alpha value is -3.47. The monoisotopic (exact) mass is 538 g/mol. The van der Waals surface area contributed by atoms with E-state index in [4.69, 9.17) is 11.6 Å². The number of thiophene rings is 1. The van der Waals surface area contributed by atoms with Crippen molar-refractivity contribution < 1.29 is 9.59 Å². The third-order valence-corrected chi connectivity index (χ3v) is 7.78. The molecule has 0 saturated carbocycles. The number of fused-ring (bicyclic) bond motifs is 2. The molecule has 192 valence electrons. The van der Waals surface area contributed by atoms with Crippen molar-refractivity contribution in [3.8, 4) is 11.4 Å². The smallest absolute Gasteiger partial charge is 0.261 e. The maximum absolute atomic E-state index is 13.1. The lowest BCUT2D eigenvalue weighted by Gasteiger charge is -2.25. The number of aromatic nitrogens is 3. The number of hydrogen-bond acceptors (Lipinski definition) is 7. The first-order valence-corrected chi connectivity index (χ1v) is 13.2. The largest absolute Gasteiger partial charge is 0.381 e. The van der Waals surface area contributed by atoms with Crippen molar-refractivity contribution >= 4 is 51.5 Å². The van der Waals surface area contributed by atoms with Gasteiger partial charge in [-0.15, -0.1) is 11.3 Å². The number of benzene rings is 1. The van der Waals surface area contributed by atoms with Crippen LogP contribution in [0.5, 0.6) is 0 Å². The highest BCUT2D eigenvalue weighted by Gasteiger charge is 2.39. The quantitative estimate of drug-likeness (QED) is 0.289. The molecule has 3 N–H and O–H groups in total. The van der Waals surface area contributed by atoms with Crippen LogP contribution < -0.4 is 10.9 Å². The number of hydrogen-bond donors (Lipinski definition) is 3. The molecule has 0 aliphatic carbocycles. The Bertz CT molecular complexity index is 1520. The van der Waals surface area contributed by atoms with Crippen molar-refractivity contribution in [2.24, 2.45) is 0 Å². The van der Waals surface area contributed by atoms with Gasteiger partial charge in [-0.05, 0) is 57.6 Å². The SMILES string of the molecule is C[C@H](CN(C)C)N1C(=O)c2cc3nc(-c4c(N[C@@H](C)Cc5sccc5Cl)cc[nH]c4=O)[nH]c3cc2C1=O. The Labute approximate surface area is 222 Å². The minimum Gasteiger partial charge on any atom is -0.381 e. The number of halogens is 1. The number of likely N-dealkylation sites (N-methyl/N-ethyl adjacent to an activating group) is 1. The minimum atomic E-state index is -0.332. The number of H-pyrrole nitrogens is 2. The van der Waals surface area contributed by atoms with Gasteiger partial charge in [0.2, 0.25) is 0 Å². The van der Waals surface area contributed by atoms with Gasteiger partial charge in [0.1, 0.15) is 11.4 Å². The highest BCUT2D eigenvalue weighted by molar-refractivity contribution is 7.10. The maximum atomic E-state index is 13.1. The van der Waals surface area contributed by atoms with Crippen LogP contribution in [-0.2, 0) is 6.42 Å². The molecule has 4 aromatic rings. The van der Waals surface area contributed by atoms with Gasteiger partial charge in [0.15, 0.2) is 0 Å². The lowest BCUT2D eigenvalue weighted by atomic mass is 10.1. The summed E-state index contributed by atoms with van der Waals surface area (Å²) in [4.78, 5) is 53.9. The lowest BCUT2D eigenvalue weighted by molar-refractivity contribution is 0.0576. The van der Waals surface area contributed by atoms with Gasteiger partial charge in [-0.3, -0.25) is 19.3 Å². The van der Waals surface area contributed by atoms with E-state index in [2.05, 4.69) is 20.3 Å². The average Bonchev–Trinajstić information content (AvgIpc) is 3.48. The Kier molecular flexibility index (Phi) is 6.65. The summed E-state index contributed by atoms with van der Waals surface area (Å²) in [5.74, 6) is -0.308. The first-order chi connectivity index (χ1) is 17.6. The third kappa shape index (κ3) is 4.68. The molecule has 1 aromatic carbocycles. The summed E-state index contributed by atoms with van der Waals surface area (Å²) in [6.45, 7) is 4.44. The fraction of sp³-hybridized carbons (Fsp3) is 0.308. The van der Waals surface area contributed by atoms with E-state index in [0.29, 0.717) is 52.2 Å². The van der Waals surface area contributed by atoms with Gasteiger partial charge in [0.25, 0.3) is 17.4 Å². The number of carbonyl (C=O) groups excluding carboxylic acids is 2. The van der Waals surface area contributed by atoms with Crippen molar-refractivity contribution in [1.29, 1.82) is 0 Å². The van der Waals surface area contributed by atoms with E-state index >= 15 is 0 Å². The number of imidazole rings is 1. The molecule has 1 aliphatic heterocycles. The molecule has 37 heavy (non-hydrogen) atoms. The van der Waals surface area contributed by atoms with Crippen LogP contribution in [0.1, 0.15) is 39.4 Å². The summed E-state index contributed by atoms with van der Waals surface area (Å²) in [5, 5.41) is 6.08. The second-order valence-electron chi connectivity index (χ2n) is 9.63. The molecule has 2 atom stereocenters. The summed E-state index contributed by atoms with van der Waals surface area (Å²) >= 11 is 7.85. The third-order valence-electron chi connectivity index (χ3n) is 6.37. The molecule has 0 unspecified atom stereocenters. The number of rotatable bonds is 8. The molecule has 1 aliphatic rings. The number of imide groups is 1.